The van der Waals surface area contributed by atoms with Crippen LogP contribution in [0.4, 0.5) is 21.0 Å². The molecule has 10 heteroatoms. The zero-order valence-corrected chi connectivity index (χ0v) is 24.7. The minimum atomic E-state index is -0.367. The van der Waals surface area contributed by atoms with Crippen molar-refractivity contribution in [3.63, 3.8) is 0 Å². The van der Waals surface area contributed by atoms with Crippen LogP contribution in [0.15, 0.2) is 48.5 Å². The van der Waals surface area contributed by atoms with Gasteiger partial charge in [0.2, 0.25) is 0 Å². The highest BCUT2D eigenvalue weighted by Gasteiger charge is 2.23. The molecule has 2 aromatic rings. The summed E-state index contributed by atoms with van der Waals surface area (Å²) in [4.78, 5) is 48.9. The number of rotatable bonds is 14. The predicted octanol–water partition coefficient (Wildman–Crippen LogP) is 6.35. The van der Waals surface area contributed by atoms with Gasteiger partial charge < -0.3 is 30.7 Å². The molecule has 228 valence electrons. The minimum Gasteiger partial charge on any atom is -0.462 e. The lowest BCUT2D eigenvalue weighted by Gasteiger charge is -2.29. The van der Waals surface area contributed by atoms with Crippen molar-refractivity contribution >= 4 is 35.4 Å². The molecule has 4 amide bonds. The van der Waals surface area contributed by atoms with Gasteiger partial charge in [0.1, 0.15) is 0 Å². The largest absolute Gasteiger partial charge is 0.462 e. The van der Waals surface area contributed by atoms with Gasteiger partial charge in [-0.05, 0) is 92.5 Å². The van der Waals surface area contributed by atoms with Crippen LogP contribution < -0.4 is 21.3 Å². The summed E-state index contributed by atoms with van der Waals surface area (Å²) in [6, 6.07) is 12.7. The Bertz CT molecular complexity index is 1060. The van der Waals surface area contributed by atoms with E-state index in [1.165, 1.54) is 0 Å². The summed E-state index contributed by atoms with van der Waals surface area (Å²) in [6.45, 7) is 5.96. The van der Waals surface area contributed by atoms with Crippen LogP contribution in [0.3, 0.4) is 0 Å². The molecule has 2 atom stereocenters. The van der Waals surface area contributed by atoms with Crippen molar-refractivity contribution < 1.29 is 28.7 Å². The van der Waals surface area contributed by atoms with Crippen molar-refractivity contribution in [3.05, 3.63) is 59.7 Å². The SMILES string of the molecule is CCCCOC(=O)c1ccc(NC(=O)NC[C@H]2CCC[C@H](CNC(=O)Nc3ccc(C(=O)OCCCC)cc3)C2)cc1. The van der Waals surface area contributed by atoms with Gasteiger partial charge in [-0.15, -0.1) is 0 Å². The Hall–Kier alpha value is -4.08. The standard InChI is InChI=1S/C32H44N4O6/c1-3-5-18-41-29(37)25-10-14-27(15-11-25)35-31(39)33-21-23-8-7-9-24(20-23)22-34-32(40)36-28-16-12-26(13-17-28)30(38)42-19-6-4-2/h10-17,23-24H,3-9,18-22H2,1-2H3,(H2,33,35,39)(H2,34,36,40)/t23-,24-/m0/s1. The van der Waals surface area contributed by atoms with Crippen LogP contribution in [0, 0.1) is 11.8 Å². The Morgan fingerprint density at radius 1 is 0.667 bits per heavy atom. The van der Waals surface area contributed by atoms with E-state index in [-0.39, 0.29) is 24.0 Å². The second-order valence-electron chi connectivity index (χ2n) is 10.7. The normalized spacial score (nSPS) is 16.1. The zero-order valence-electron chi connectivity index (χ0n) is 24.7. The topological polar surface area (TPSA) is 135 Å². The molecule has 0 aliphatic heterocycles. The van der Waals surface area contributed by atoms with Crippen LogP contribution in [0.25, 0.3) is 0 Å². The molecule has 0 bridgehead atoms. The second-order valence-corrected chi connectivity index (χ2v) is 10.7. The fourth-order valence-electron chi connectivity index (χ4n) is 4.76. The maximum atomic E-state index is 12.4. The molecule has 0 spiro atoms. The van der Waals surface area contributed by atoms with Crippen molar-refractivity contribution in [3.8, 4) is 0 Å². The van der Waals surface area contributed by atoms with E-state index < -0.39 is 0 Å². The Kier molecular flexibility index (Phi) is 13.6. The van der Waals surface area contributed by atoms with Gasteiger partial charge in [0.15, 0.2) is 0 Å². The van der Waals surface area contributed by atoms with E-state index in [4.69, 9.17) is 9.47 Å². The molecule has 3 rings (SSSR count). The first kappa shape index (κ1) is 32.4. The molecule has 1 aliphatic rings. The number of nitrogens with one attached hydrogen (secondary N) is 4. The molecule has 1 aliphatic carbocycles. The highest BCUT2D eigenvalue weighted by Crippen LogP contribution is 2.28. The van der Waals surface area contributed by atoms with Crippen molar-refractivity contribution in [1.29, 1.82) is 0 Å². The number of unbranched alkanes of at least 4 members (excludes halogenated alkanes) is 2. The van der Waals surface area contributed by atoms with Crippen LogP contribution >= 0.6 is 0 Å². The molecule has 0 aromatic heterocycles. The van der Waals surface area contributed by atoms with Gasteiger partial charge in [0.05, 0.1) is 24.3 Å². The monoisotopic (exact) mass is 580 g/mol. The smallest absolute Gasteiger partial charge is 0.338 e. The molecule has 0 unspecified atom stereocenters. The van der Waals surface area contributed by atoms with Gasteiger partial charge in [-0.25, -0.2) is 19.2 Å². The van der Waals surface area contributed by atoms with Crippen molar-refractivity contribution in [2.75, 3.05) is 36.9 Å². The van der Waals surface area contributed by atoms with Gasteiger partial charge in [-0.2, -0.15) is 0 Å². The lowest BCUT2D eigenvalue weighted by Crippen LogP contribution is -2.38. The molecule has 2 aromatic carbocycles. The van der Waals surface area contributed by atoms with E-state index in [1.807, 2.05) is 13.8 Å². The number of urea groups is 2. The Morgan fingerprint density at radius 3 is 1.45 bits per heavy atom. The Morgan fingerprint density at radius 2 is 1.07 bits per heavy atom. The average Bonchev–Trinajstić information content (AvgIpc) is 3.00. The molecule has 0 heterocycles. The van der Waals surface area contributed by atoms with Gasteiger partial charge in [-0.3, -0.25) is 0 Å². The fourth-order valence-corrected chi connectivity index (χ4v) is 4.76. The lowest BCUT2D eigenvalue weighted by atomic mass is 9.81. The van der Waals surface area contributed by atoms with E-state index in [1.54, 1.807) is 48.5 Å². The first-order chi connectivity index (χ1) is 20.4. The van der Waals surface area contributed by atoms with E-state index in [0.717, 1.165) is 51.4 Å². The van der Waals surface area contributed by atoms with E-state index in [0.29, 0.717) is 60.6 Å². The molecule has 0 radical (unpaired) electrons. The molecule has 42 heavy (non-hydrogen) atoms. The first-order valence-electron chi connectivity index (χ1n) is 15.0. The number of hydrogen-bond acceptors (Lipinski definition) is 6. The van der Waals surface area contributed by atoms with Crippen LogP contribution in [0.5, 0.6) is 0 Å². The number of carbonyl (C=O) groups is 4. The van der Waals surface area contributed by atoms with Gasteiger partial charge in [0.25, 0.3) is 0 Å². The van der Waals surface area contributed by atoms with Crippen molar-refractivity contribution in [2.24, 2.45) is 11.8 Å². The summed E-state index contributed by atoms with van der Waals surface area (Å²) in [6.07, 6.45) is 7.55. The molecule has 0 saturated heterocycles. The third-order valence-electron chi connectivity index (χ3n) is 7.21. The number of carbonyl (C=O) groups excluding carboxylic acids is 4. The highest BCUT2D eigenvalue weighted by molar-refractivity contribution is 5.93. The van der Waals surface area contributed by atoms with E-state index in [2.05, 4.69) is 21.3 Å². The second kappa shape index (κ2) is 17.7. The van der Waals surface area contributed by atoms with Crippen molar-refractivity contribution in [2.45, 2.75) is 65.2 Å². The fraction of sp³-hybridized carbons (Fsp3) is 0.500. The van der Waals surface area contributed by atoms with Crippen LogP contribution in [-0.2, 0) is 9.47 Å². The van der Waals surface area contributed by atoms with Gasteiger partial charge >= 0.3 is 24.0 Å². The van der Waals surface area contributed by atoms with Crippen LogP contribution in [0.2, 0.25) is 0 Å². The molecular weight excluding hydrogens is 536 g/mol. The number of ether oxygens (including phenoxy) is 2. The summed E-state index contributed by atoms with van der Waals surface area (Å²) >= 11 is 0. The van der Waals surface area contributed by atoms with Gasteiger partial charge in [-0.1, -0.05) is 33.1 Å². The summed E-state index contributed by atoms with van der Waals surface area (Å²) in [5.74, 6) is -0.0872. The molecular formula is C32H44N4O6. The lowest BCUT2D eigenvalue weighted by molar-refractivity contribution is 0.0490. The summed E-state index contributed by atoms with van der Waals surface area (Å²) < 4.78 is 10.4. The maximum Gasteiger partial charge on any atom is 0.338 e. The number of hydrogen-bond donors (Lipinski definition) is 4. The summed E-state index contributed by atoms with van der Waals surface area (Å²) in [5.41, 5.74) is 2.09. The van der Waals surface area contributed by atoms with E-state index >= 15 is 0 Å². The third kappa shape index (κ3) is 11.4. The highest BCUT2D eigenvalue weighted by atomic mass is 16.5. The zero-order chi connectivity index (χ0) is 30.2. The minimum absolute atomic E-state index is 0.298. The summed E-state index contributed by atoms with van der Waals surface area (Å²) in [5, 5.41) is 11.5. The van der Waals surface area contributed by atoms with E-state index in [9.17, 15) is 19.2 Å². The molecule has 1 fully saturated rings. The molecule has 4 N–H and O–H groups in total. The molecule has 1 saturated carbocycles. The number of amides is 4. The molecule has 10 nitrogen and oxygen atoms in total. The predicted molar refractivity (Wildman–Crippen MR) is 163 cm³/mol. The van der Waals surface area contributed by atoms with Crippen LogP contribution in [0.1, 0.15) is 85.9 Å². The van der Waals surface area contributed by atoms with Gasteiger partial charge in [0, 0.05) is 24.5 Å². The average molecular weight is 581 g/mol. The first-order valence-corrected chi connectivity index (χ1v) is 15.0. The number of esters is 2. The number of benzene rings is 2. The van der Waals surface area contributed by atoms with Crippen molar-refractivity contribution in [1.82, 2.24) is 10.6 Å². The van der Waals surface area contributed by atoms with Crippen LogP contribution in [-0.4, -0.2) is 50.3 Å². The maximum absolute atomic E-state index is 12.4. The Balaban J connectivity index is 1.34. The number of anilines is 2. The Labute approximate surface area is 248 Å². The quantitative estimate of drug-likeness (QED) is 0.152. The third-order valence-corrected chi connectivity index (χ3v) is 7.21. The summed E-state index contributed by atoms with van der Waals surface area (Å²) in [7, 11) is 0.